The minimum atomic E-state index is 0.533. The van der Waals surface area contributed by atoms with Crippen molar-refractivity contribution in [1.29, 1.82) is 0 Å². The van der Waals surface area contributed by atoms with Crippen molar-refractivity contribution < 1.29 is 0 Å². The number of nitrogens with one attached hydrogen (secondary N) is 1. The average molecular weight is 351 g/mol. The summed E-state index contributed by atoms with van der Waals surface area (Å²) >= 11 is 9.54. The van der Waals surface area contributed by atoms with Gasteiger partial charge in [0.15, 0.2) is 5.13 Å². The molecule has 0 spiro atoms. The number of rotatable bonds is 2. The first kappa shape index (κ1) is 11.2. The Morgan fingerprint density at radius 1 is 1.47 bits per heavy atom. The van der Waals surface area contributed by atoms with Gasteiger partial charge in [0.25, 0.3) is 0 Å². The van der Waals surface area contributed by atoms with Gasteiger partial charge in [-0.2, -0.15) is 0 Å². The van der Waals surface area contributed by atoms with E-state index in [9.17, 15) is 0 Å². The third kappa shape index (κ3) is 2.83. The fraction of sp³-hybridized carbons (Fsp3) is 0.100. The second-order valence-electron chi connectivity index (χ2n) is 3.06. The van der Waals surface area contributed by atoms with Crippen LogP contribution in [-0.4, -0.2) is 4.98 Å². The molecule has 5 heteroatoms. The van der Waals surface area contributed by atoms with Crippen LogP contribution >= 0.6 is 45.5 Å². The third-order valence-corrected chi connectivity index (χ3v) is 3.67. The van der Waals surface area contributed by atoms with Crippen molar-refractivity contribution in [2.75, 3.05) is 5.32 Å². The molecule has 1 N–H and O–H groups in total. The number of benzene rings is 1. The Morgan fingerprint density at radius 3 is 2.93 bits per heavy atom. The molecule has 0 bridgehead atoms. The van der Waals surface area contributed by atoms with Gasteiger partial charge < -0.3 is 5.32 Å². The fourth-order valence-corrected chi connectivity index (χ4v) is 2.50. The first-order valence-corrected chi connectivity index (χ1v) is 6.63. The maximum atomic E-state index is 5.76. The molecule has 2 aromatic rings. The van der Waals surface area contributed by atoms with E-state index in [2.05, 4.69) is 58.0 Å². The summed E-state index contributed by atoms with van der Waals surface area (Å²) in [6.45, 7) is 2.06. The molecule has 0 aliphatic heterocycles. The number of hydrogen-bond donors (Lipinski definition) is 1. The van der Waals surface area contributed by atoms with E-state index in [1.807, 2.05) is 5.38 Å². The zero-order valence-corrected chi connectivity index (χ0v) is 11.7. The number of aromatic nitrogens is 1. The third-order valence-electron chi connectivity index (χ3n) is 1.92. The lowest BCUT2D eigenvalue weighted by molar-refractivity contribution is 1.36. The predicted molar refractivity (Wildman–Crippen MR) is 74.3 cm³/mol. The maximum Gasteiger partial charge on any atom is 0.188 e. The number of thiazole rings is 1. The Balaban J connectivity index is 2.27. The summed E-state index contributed by atoms with van der Waals surface area (Å²) in [5, 5.41) is 6.42. The quantitative estimate of drug-likeness (QED) is 0.809. The first-order chi connectivity index (χ1) is 7.15. The highest BCUT2D eigenvalue weighted by Crippen LogP contribution is 2.26. The van der Waals surface area contributed by atoms with Crippen LogP contribution in [0.4, 0.5) is 10.8 Å². The number of hydrogen-bond acceptors (Lipinski definition) is 3. The van der Waals surface area contributed by atoms with Crippen LogP contribution in [0.5, 0.6) is 0 Å². The molecule has 0 aliphatic carbocycles. The molecule has 0 radical (unpaired) electrons. The van der Waals surface area contributed by atoms with E-state index in [-0.39, 0.29) is 0 Å². The Bertz CT molecular complexity index is 484. The van der Waals surface area contributed by atoms with Gasteiger partial charge in [-0.1, -0.05) is 17.7 Å². The second-order valence-corrected chi connectivity index (χ2v) is 5.55. The maximum absolute atomic E-state index is 5.76. The van der Waals surface area contributed by atoms with E-state index in [0.717, 1.165) is 10.8 Å². The highest BCUT2D eigenvalue weighted by molar-refractivity contribution is 14.1. The van der Waals surface area contributed by atoms with Gasteiger partial charge in [0.05, 0.1) is 0 Å². The monoisotopic (exact) mass is 350 g/mol. The molecule has 15 heavy (non-hydrogen) atoms. The molecule has 0 saturated carbocycles. The van der Waals surface area contributed by atoms with Gasteiger partial charge in [0.1, 0.15) is 5.15 Å². The zero-order valence-electron chi connectivity index (χ0n) is 7.92. The number of nitrogens with zero attached hydrogens (tertiary/aromatic N) is 1. The fourth-order valence-electron chi connectivity index (χ4n) is 1.16. The summed E-state index contributed by atoms with van der Waals surface area (Å²) in [4.78, 5) is 4.15. The Kier molecular flexibility index (Phi) is 3.48. The molecule has 78 valence electrons. The highest BCUT2D eigenvalue weighted by Gasteiger charge is 2.03. The van der Waals surface area contributed by atoms with Gasteiger partial charge in [-0.25, -0.2) is 4.98 Å². The molecule has 0 unspecified atom stereocenters. The Labute approximate surface area is 111 Å². The number of halogens is 2. The van der Waals surface area contributed by atoms with Gasteiger partial charge in [-0.3, -0.25) is 0 Å². The van der Waals surface area contributed by atoms with Crippen molar-refractivity contribution in [2.24, 2.45) is 0 Å². The number of anilines is 2. The average Bonchev–Trinajstić information content (AvgIpc) is 2.58. The molecular formula is C10H8ClIN2S. The minimum Gasteiger partial charge on any atom is -0.331 e. The standard InChI is InChI=1S/C10H8ClIN2S/c1-6-2-3-7(12)4-8(6)13-10-14-9(11)5-15-10/h2-5H,1H3,(H,13,14). The van der Waals surface area contributed by atoms with E-state index in [1.54, 1.807) is 0 Å². The molecule has 0 aliphatic rings. The van der Waals surface area contributed by atoms with Crippen LogP contribution in [0.2, 0.25) is 5.15 Å². The molecule has 0 atom stereocenters. The van der Waals surface area contributed by atoms with E-state index >= 15 is 0 Å². The van der Waals surface area contributed by atoms with Gasteiger partial charge in [0.2, 0.25) is 0 Å². The Hall–Kier alpha value is -0.330. The first-order valence-electron chi connectivity index (χ1n) is 4.29. The summed E-state index contributed by atoms with van der Waals surface area (Å²) in [7, 11) is 0. The van der Waals surface area contributed by atoms with Gasteiger partial charge in [-0.15, -0.1) is 11.3 Å². The smallest absolute Gasteiger partial charge is 0.188 e. The van der Waals surface area contributed by atoms with Crippen LogP contribution in [0.3, 0.4) is 0 Å². The van der Waals surface area contributed by atoms with Crippen LogP contribution in [0.1, 0.15) is 5.56 Å². The van der Waals surface area contributed by atoms with Gasteiger partial charge in [0, 0.05) is 14.6 Å². The zero-order chi connectivity index (χ0) is 10.8. The minimum absolute atomic E-state index is 0.533. The van der Waals surface area contributed by atoms with E-state index < -0.39 is 0 Å². The van der Waals surface area contributed by atoms with E-state index in [0.29, 0.717) is 5.15 Å². The molecule has 0 saturated heterocycles. The second kappa shape index (κ2) is 4.67. The van der Waals surface area contributed by atoms with Crippen LogP contribution in [0.15, 0.2) is 23.6 Å². The number of aryl methyl sites for hydroxylation is 1. The van der Waals surface area contributed by atoms with Crippen LogP contribution in [0, 0.1) is 10.5 Å². The van der Waals surface area contributed by atoms with Crippen LogP contribution < -0.4 is 5.32 Å². The molecular weight excluding hydrogens is 343 g/mol. The molecule has 2 nitrogen and oxygen atoms in total. The Morgan fingerprint density at radius 2 is 2.27 bits per heavy atom. The van der Waals surface area contributed by atoms with Crippen molar-refractivity contribution in [1.82, 2.24) is 4.98 Å². The summed E-state index contributed by atoms with van der Waals surface area (Å²) in [5.74, 6) is 0. The van der Waals surface area contributed by atoms with Crippen molar-refractivity contribution in [3.8, 4) is 0 Å². The van der Waals surface area contributed by atoms with Crippen molar-refractivity contribution in [2.45, 2.75) is 6.92 Å². The van der Waals surface area contributed by atoms with E-state index in [1.165, 1.54) is 20.5 Å². The highest BCUT2D eigenvalue weighted by atomic mass is 127. The molecule has 2 rings (SSSR count). The van der Waals surface area contributed by atoms with Crippen molar-refractivity contribution in [3.63, 3.8) is 0 Å². The largest absolute Gasteiger partial charge is 0.331 e. The molecule has 0 fully saturated rings. The molecule has 0 amide bonds. The van der Waals surface area contributed by atoms with E-state index in [4.69, 9.17) is 11.6 Å². The topological polar surface area (TPSA) is 24.9 Å². The van der Waals surface area contributed by atoms with Gasteiger partial charge >= 0.3 is 0 Å². The molecule has 1 aromatic carbocycles. The molecule has 1 aromatic heterocycles. The summed E-state index contributed by atoms with van der Waals surface area (Å²) in [6, 6.07) is 6.25. The van der Waals surface area contributed by atoms with Crippen LogP contribution in [0.25, 0.3) is 0 Å². The van der Waals surface area contributed by atoms with Crippen molar-refractivity contribution in [3.05, 3.63) is 37.9 Å². The lowest BCUT2D eigenvalue weighted by atomic mass is 10.2. The lowest BCUT2D eigenvalue weighted by Gasteiger charge is -2.06. The summed E-state index contributed by atoms with van der Waals surface area (Å²) in [6.07, 6.45) is 0. The van der Waals surface area contributed by atoms with Gasteiger partial charge in [-0.05, 0) is 47.2 Å². The molecule has 1 heterocycles. The SMILES string of the molecule is Cc1ccc(I)cc1Nc1nc(Cl)cs1. The van der Waals surface area contributed by atoms with Crippen LogP contribution in [-0.2, 0) is 0 Å². The predicted octanol–water partition coefficient (Wildman–Crippen LogP) is 4.45. The normalized spacial score (nSPS) is 10.3. The summed E-state index contributed by atoms with van der Waals surface area (Å²) in [5.41, 5.74) is 2.27. The van der Waals surface area contributed by atoms with Crippen molar-refractivity contribution >= 4 is 56.3 Å². The summed E-state index contributed by atoms with van der Waals surface area (Å²) < 4.78 is 1.20. The lowest BCUT2D eigenvalue weighted by Crippen LogP contribution is -1.92.